The molecule has 0 unspecified atom stereocenters. The molecule has 1 aromatic carbocycles. The van der Waals surface area contributed by atoms with E-state index >= 15 is 0 Å². The summed E-state index contributed by atoms with van der Waals surface area (Å²) in [6, 6.07) is 2.96. The van der Waals surface area contributed by atoms with E-state index in [1.165, 1.54) is 32.2 Å². The van der Waals surface area contributed by atoms with E-state index in [9.17, 15) is 13.2 Å². The van der Waals surface area contributed by atoms with Crippen LogP contribution in [0.4, 0.5) is 0 Å². The summed E-state index contributed by atoms with van der Waals surface area (Å²) in [4.78, 5) is 12.0. The SMILES string of the molecule is CCOc1ccc(S(=O)(=O)N[C@@H](C)C(=O)N[C@H](C)COC)cc1Cl. The summed E-state index contributed by atoms with van der Waals surface area (Å²) in [5.41, 5.74) is 0. The van der Waals surface area contributed by atoms with Crippen LogP contribution in [0, 0.1) is 0 Å². The van der Waals surface area contributed by atoms with Crippen LogP contribution in [0.1, 0.15) is 20.8 Å². The molecular formula is C15H23ClN2O5S. The lowest BCUT2D eigenvalue weighted by Crippen LogP contribution is -2.48. The van der Waals surface area contributed by atoms with Gasteiger partial charge in [-0.25, -0.2) is 8.42 Å². The quantitative estimate of drug-likeness (QED) is 0.680. The Balaban J connectivity index is 2.82. The number of sulfonamides is 1. The molecule has 0 aliphatic heterocycles. The number of methoxy groups -OCH3 is 1. The van der Waals surface area contributed by atoms with Crippen molar-refractivity contribution < 1.29 is 22.7 Å². The molecule has 1 aromatic rings. The van der Waals surface area contributed by atoms with Gasteiger partial charge in [-0.15, -0.1) is 0 Å². The second-order valence-corrected chi connectivity index (χ2v) is 7.35. The first kappa shape index (κ1) is 20.7. The molecule has 9 heteroatoms. The summed E-state index contributed by atoms with van der Waals surface area (Å²) < 4.78 is 37.2. The Labute approximate surface area is 147 Å². The fourth-order valence-corrected chi connectivity index (χ4v) is 3.46. The van der Waals surface area contributed by atoms with E-state index in [1.54, 1.807) is 13.8 Å². The second kappa shape index (κ2) is 9.22. The van der Waals surface area contributed by atoms with Crippen molar-refractivity contribution in [3.63, 3.8) is 0 Å². The van der Waals surface area contributed by atoms with Gasteiger partial charge in [0.15, 0.2) is 0 Å². The van der Waals surface area contributed by atoms with Gasteiger partial charge in [0.25, 0.3) is 0 Å². The Hall–Kier alpha value is -1.35. The van der Waals surface area contributed by atoms with E-state index in [1.807, 2.05) is 0 Å². The van der Waals surface area contributed by atoms with E-state index in [4.69, 9.17) is 21.1 Å². The van der Waals surface area contributed by atoms with Gasteiger partial charge in [0.2, 0.25) is 15.9 Å². The van der Waals surface area contributed by atoms with E-state index in [-0.39, 0.29) is 16.0 Å². The normalized spacial score (nSPS) is 14.0. The van der Waals surface area contributed by atoms with Gasteiger partial charge in [-0.2, -0.15) is 4.72 Å². The van der Waals surface area contributed by atoms with Gasteiger partial charge in [-0.1, -0.05) is 11.6 Å². The molecule has 0 saturated carbocycles. The summed E-state index contributed by atoms with van der Waals surface area (Å²) in [5, 5.41) is 2.84. The highest BCUT2D eigenvalue weighted by molar-refractivity contribution is 7.89. The highest BCUT2D eigenvalue weighted by atomic mass is 35.5. The van der Waals surface area contributed by atoms with Crippen LogP contribution in [0.25, 0.3) is 0 Å². The monoisotopic (exact) mass is 378 g/mol. The van der Waals surface area contributed by atoms with Crippen molar-refractivity contribution in [1.29, 1.82) is 0 Å². The van der Waals surface area contributed by atoms with Crippen molar-refractivity contribution in [1.82, 2.24) is 10.0 Å². The second-order valence-electron chi connectivity index (χ2n) is 5.23. The number of carbonyl (C=O) groups is 1. The van der Waals surface area contributed by atoms with Gasteiger partial charge in [-0.05, 0) is 39.0 Å². The molecule has 0 aromatic heterocycles. The molecule has 0 bridgehead atoms. The molecule has 0 spiro atoms. The van der Waals surface area contributed by atoms with E-state index in [0.29, 0.717) is 19.0 Å². The van der Waals surface area contributed by atoms with Crippen molar-refractivity contribution in [2.75, 3.05) is 20.3 Å². The van der Waals surface area contributed by atoms with Gasteiger partial charge in [0, 0.05) is 13.2 Å². The lowest BCUT2D eigenvalue weighted by atomic mass is 10.3. The molecular weight excluding hydrogens is 356 g/mol. The van der Waals surface area contributed by atoms with Crippen LogP contribution in [0.2, 0.25) is 5.02 Å². The van der Waals surface area contributed by atoms with Crippen LogP contribution in [-0.4, -0.2) is 46.7 Å². The number of carbonyl (C=O) groups excluding carboxylic acids is 1. The number of halogens is 1. The van der Waals surface area contributed by atoms with Gasteiger partial charge in [0.05, 0.1) is 29.2 Å². The van der Waals surface area contributed by atoms with Crippen molar-refractivity contribution in [2.24, 2.45) is 0 Å². The van der Waals surface area contributed by atoms with E-state index in [0.717, 1.165) is 0 Å². The number of benzene rings is 1. The Morgan fingerprint density at radius 2 is 2.00 bits per heavy atom. The maximum atomic E-state index is 12.4. The third-order valence-corrected chi connectivity index (χ3v) is 4.88. The number of rotatable bonds is 9. The van der Waals surface area contributed by atoms with Gasteiger partial charge in [0.1, 0.15) is 5.75 Å². The van der Waals surface area contributed by atoms with Crippen molar-refractivity contribution in [3.8, 4) is 5.75 Å². The topological polar surface area (TPSA) is 93.7 Å². The fourth-order valence-electron chi connectivity index (χ4n) is 1.94. The number of ether oxygens (including phenoxy) is 2. The molecule has 136 valence electrons. The third-order valence-electron chi connectivity index (χ3n) is 3.04. The minimum atomic E-state index is -3.89. The molecule has 7 nitrogen and oxygen atoms in total. The van der Waals surface area contributed by atoms with E-state index in [2.05, 4.69) is 10.0 Å². The van der Waals surface area contributed by atoms with Crippen LogP contribution in [0.15, 0.2) is 23.1 Å². The molecule has 0 saturated heterocycles. The first-order valence-electron chi connectivity index (χ1n) is 7.45. The highest BCUT2D eigenvalue weighted by Gasteiger charge is 2.23. The molecule has 2 N–H and O–H groups in total. The van der Waals surface area contributed by atoms with Crippen molar-refractivity contribution in [3.05, 3.63) is 23.2 Å². The molecule has 0 radical (unpaired) electrons. The first-order chi connectivity index (χ1) is 11.2. The molecule has 0 aliphatic carbocycles. The minimum Gasteiger partial charge on any atom is -0.492 e. The number of amides is 1. The van der Waals surface area contributed by atoms with Gasteiger partial charge >= 0.3 is 0 Å². The van der Waals surface area contributed by atoms with Gasteiger partial charge < -0.3 is 14.8 Å². The molecule has 2 atom stereocenters. The smallest absolute Gasteiger partial charge is 0.241 e. The lowest BCUT2D eigenvalue weighted by Gasteiger charge is -2.18. The van der Waals surface area contributed by atoms with Crippen LogP contribution in [0.3, 0.4) is 0 Å². The average Bonchev–Trinajstić information content (AvgIpc) is 2.49. The standard InChI is InChI=1S/C15H23ClN2O5S/c1-5-23-14-7-6-12(8-13(14)16)24(20,21)18-11(3)15(19)17-10(2)9-22-4/h6-8,10-11,18H,5,9H2,1-4H3,(H,17,19)/t10-,11+/m1/s1. The Kier molecular flexibility index (Phi) is 7.95. The summed E-state index contributed by atoms with van der Waals surface area (Å²) >= 11 is 6.01. The Bertz CT molecular complexity index is 666. The number of hydrogen-bond donors (Lipinski definition) is 2. The molecule has 0 heterocycles. The maximum Gasteiger partial charge on any atom is 0.241 e. The summed E-state index contributed by atoms with van der Waals surface area (Å²) in [6.07, 6.45) is 0. The molecule has 1 rings (SSSR count). The zero-order chi connectivity index (χ0) is 18.3. The fraction of sp³-hybridized carbons (Fsp3) is 0.533. The number of nitrogens with one attached hydrogen (secondary N) is 2. The minimum absolute atomic E-state index is 0.0412. The predicted octanol–water partition coefficient (Wildman–Crippen LogP) is 1.56. The van der Waals surface area contributed by atoms with E-state index < -0.39 is 22.0 Å². The third kappa shape index (κ3) is 5.94. The zero-order valence-corrected chi connectivity index (χ0v) is 15.7. The Morgan fingerprint density at radius 1 is 1.33 bits per heavy atom. The van der Waals surface area contributed by atoms with Crippen LogP contribution < -0.4 is 14.8 Å². The lowest BCUT2D eigenvalue weighted by molar-refractivity contribution is -0.123. The zero-order valence-electron chi connectivity index (χ0n) is 14.1. The number of hydrogen-bond acceptors (Lipinski definition) is 5. The van der Waals surface area contributed by atoms with Crippen molar-refractivity contribution >= 4 is 27.5 Å². The van der Waals surface area contributed by atoms with Crippen LogP contribution in [-0.2, 0) is 19.6 Å². The average molecular weight is 379 g/mol. The molecule has 0 aliphatic rings. The van der Waals surface area contributed by atoms with Crippen LogP contribution >= 0.6 is 11.6 Å². The van der Waals surface area contributed by atoms with Crippen molar-refractivity contribution in [2.45, 2.75) is 37.8 Å². The Morgan fingerprint density at radius 3 is 2.54 bits per heavy atom. The summed E-state index contributed by atoms with van der Waals surface area (Å²) in [7, 11) is -2.37. The predicted molar refractivity (Wildman–Crippen MR) is 91.9 cm³/mol. The largest absolute Gasteiger partial charge is 0.492 e. The molecule has 0 fully saturated rings. The molecule has 24 heavy (non-hydrogen) atoms. The summed E-state index contributed by atoms with van der Waals surface area (Å²) in [6.45, 7) is 5.77. The maximum absolute atomic E-state index is 12.4. The van der Waals surface area contributed by atoms with Gasteiger partial charge in [-0.3, -0.25) is 4.79 Å². The first-order valence-corrected chi connectivity index (χ1v) is 9.31. The summed E-state index contributed by atoms with van der Waals surface area (Å²) in [5.74, 6) is -0.0440. The molecule has 1 amide bonds. The highest BCUT2D eigenvalue weighted by Crippen LogP contribution is 2.27. The van der Waals surface area contributed by atoms with Crippen LogP contribution in [0.5, 0.6) is 5.75 Å².